The third kappa shape index (κ3) is 2.93. The van der Waals surface area contributed by atoms with Crippen LogP contribution in [0.3, 0.4) is 0 Å². The Morgan fingerprint density at radius 3 is 2.77 bits per heavy atom. The molecule has 1 aromatic heterocycles. The number of anilines is 1. The Kier molecular flexibility index (Phi) is 3.79. The Balaban J connectivity index is 1.71. The molecule has 0 spiro atoms. The van der Waals surface area contributed by atoms with Gasteiger partial charge in [0.05, 0.1) is 7.05 Å². The fourth-order valence-corrected chi connectivity index (χ4v) is 3.00. The minimum Gasteiger partial charge on any atom is -0.324 e. The van der Waals surface area contributed by atoms with E-state index in [1.54, 1.807) is 7.05 Å². The number of benzene rings is 1. The van der Waals surface area contributed by atoms with Gasteiger partial charge in [-0.2, -0.15) is 4.80 Å². The van der Waals surface area contributed by atoms with Crippen LogP contribution in [0.5, 0.6) is 0 Å². The highest BCUT2D eigenvalue weighted by atomic mass is 16.2. The van der Waals surface area contributed by atoms with Crippen LogP contribution in [0, 0.1) is 0 Å². The second-order valence-electron chi connectivity index (χ2n) is 5.98. The molecule has 3 rings (SSSR count). The standard InChI is InChI=1S/C15H20N6O/c1-15(12-7-4-3-5-8-12)9-6-10-21(11-15)14(22)16-13-17-19-20(2)18-13/h3-5,7-8H,6,9-11H2,1-2H3,(H,16,18,22). The lowest BCUT2D eigenvalue weighted by molar-refractivity contribution is 0.166. The van der Waals surface area contributed by atoms with E-state index in [0.717, 1.165) is 19.4 Å². The number of urea groups is 1. The number of amides is 2. The van der Waals surface area contributed by atoms with Crippen LogP contribution >= 0.6 is 0 Å². The Bertz CT molecular complexity index is 655. The fraction of sp³-hybridized carbons (Fsp3) is 0.467. The fourth-order valence-electron chi connectivity index (χ4n) is 3.00. The van der Waals surface area contributed by atoms with Gasteiger partial charge in [0, 0.05) is 18.5 Å². The average molecular weight is 300 g/mol. The molecule has 116 valence electrons. The summed E-state index contributed by atoms with van der Waals surface area (Å²) < 4.78 is 0. The molecule has 7 nitrogen and oxygen atoms in total. The number of hydrogen-bond donors (Lipinski definition) is 1. The van der Waals surface area contributed by atoms with Crippen molar-refractivity contribution >= 4 is 12.0 Å². The first kappa shape index (κ1) is 14.5. The van der Waals surface area contributed by atoms with Crippen molar-refractivity contribution in [3.8, 4) is 0 Å². The maximum Gasteiger partial charge on any atom is 0.324 e. The van der Waals surface area contributed by atoms with Crippen LogP contribution < -0.4 is 5.32 Å². The summed E-state index contributed by atoms with van der Waals surface area (Å²) >= 11 is 0. The van der Waals surface area contributed by atoms with E-state index in [1.165, 1.54) is 10.4 Å². The number of hydrogen-bond acceptors (Lipinski definition) is 4. The van der Waals surface area contributed by atoms with Gasteiger partial charge in [-0.1, -0.05) is 42.4 Å². The summed E-state index contributed by atoms with van der Waals surface area (Å²) in [5.74, 6) is 0.236. The van der Waals surface area contributed by atoms with Gasteiger partial charge in [0.15, 0.2) is 0 Å². The van der Waals surface area contributed by atoms with Gasteiger partial charge >= 0.3 is 6.03 Å². The molecule has 1 N–H and O–H groups in total. The zero-order chi connectivity index (χ0) is 15.6. The van der Waals surface area contributed by atoms with Crippen molar-refractivity contribution in [2.24, 2.45) is 7.05 Å². The molecule has 0 saturated carbocycles. The number of carbonyl (C=O) groups is 1. The van der Waals surface area contributed by atoms with E-state index in [4.69, 9.17) is 0 Å². The lowest BCUT2D eigenvalue weighted by Crippen LogP contribution is -2.48. The molecule has 2 heterocycles. The number of carbonyl (C=O) groups excluding carboxylic acids is 1. The maximum absolute atomic E-state index is 12.4. The van der Waals surface area contributed by atoms with Gasteiger partial charge in [-0.15, -0.1) is 5.10 Å². The third-order valence-corrected chi connectivity index (χ3v) is 4.18. The molecule has 2 aromatic rings. The number of aromatic nitrogens is 4. The smallest absolute Gasteiger partial charge is 0.324 e. The second kappa shape index (κ2) is 5.75. The molecule has 0 aliphatic carbocycles. The lowest BCUT2D eigenvalue weighted by Gasteiger charge is -2.40. The molecule has 0 radical (unpaired) electrons. The second-order valence-corrected chi connectivity index (χ2v) is 5.98. The predicted octanol–water partition coefficient (Wildman–Crippen LogP) is 1.80. The van der Waals surface area contributed by atoms with Crippen molar-refractivity contribution in [2.75, 3.05) is 18.4 Å². The van der Waals surface area contributed by atoms with E-state index < -0.39 is 0 Å². The van der Waals surface area contributed by atoms with E-state index in [0.29, 0.717) is 6.54 Å². The van der Waals surface area contributed by atoms with E-state index in [9.17, 15) is 4.79 Å². The van der Waals surface area contributed by atoms with Gasteiger partial charge in [0.25, 0.3) is 5.95 Å². The molecule has 1 unspecified atom stereocenters. The highest BCUT2D eigenvalue weighted by Gasteiger charge is 2.34. The van der Waals surface area contributed by atoms with Crippen LogP contribution in [0.15, 0.2) is 30.3 Å². The van der Waals surface area contributed by atoms with Gasteiger partial charge in [-0.3, -0.25) is 5.32 Å². The van der Waals surface area contributed by atoms with Crippen molar-refractivity contribution in [3.63, 3.8) is 0 Å². The van der Waals surface area contributed by atoms with E-state index in [1.807, 2.05) is 23.1 Å². The topological polar surface area (TPSA) is 75.9 Å². The van der Waals surface area contributed by atoms with Crippen LogP contribution in [0.2, 0.25) is 0 Å². The summed E-state index contributed by atoms with van der Waals surface area (Å²) in [6.45, 7) is 3.64. The van der Waals surface area contributed by atoms with Gasteiger partial charge in [-0.25, -0.2) is 4.79 Å². The summed E-state index contributed by atoms with van der Waals surface area (Å²) in [7, 11) is 1.66. The van der Waals surface area contributed by atoms with Crippen molar-refractivity contribution in [1.29, 1.82) is 0 Å². The molecule has 1 aliphatic heterocycles. The minimum absolute atomic E-state index is 0.0212. The number of rotatable bonds is 2. The van der Waals surface area contributed by atoms with Crippen LogP contribution in [0.25, 0.3) is 0 Å². The number of likely N-dealkylation sites (tertiary alicyclic amines) is 1. The number of aryl methyl sites for hydroxylation is 1. The molecular formula is C15H20N6O. The SMILES string of the molecule is Cn1nnc(NC(=O)N2CCCC(C)(c3ccccc3)C2)n1. The van der Waals surface area contributed by atoms with Crippen LogP contribution in [-0.2, 0) is 12.5 Å². The molecule has 0 bridgehead atoms. The Morgan fingerprint density at radius 2 is 2.09 bits per heavy atom. The van der Waals surface area contributed by atoms with Crippen LogP contribution in [0.1, 0.15) is 25.3 Å². The van der Waals surface area contributed by atoms with E-state index in [-0.39, 0.29) is 17.4 Å². The summed E-state index contributed by atoms with van der Waals surface area (Å²) in [5.41, 5.74) is 1.25. The number of piperidine rings is 1. The number of nitrogens with one attached hydrogen (secondary N) is 1. The third-order valence-electron chi connectivity index (χ3n) is 4.18. The monoisotopic (exact) mass is 300 g/mol. The number of nitrogens with zero attached hydrogens (tertiary/aromatic N) is 5. The molecule has 7 heteroatoms. The van der Waals surface area contributed by atoms with Crippen molar-refractivity contribution < 1.29 is 4.79 Å². The summed E-state index contributed by atoms with van der Waals surface area (Å²) in [6.07, 6.45) is 2.05. The first-order chi connectivity index (χ1) is 10.6. The summed E-state index contributed by atoms with van der Waals surface area (Å²) in [6, 6.07) is 10.2. The van der Waals surface area contributed by atoms with Crippen molar-refractivity contribution in [3.05, 3.63) is 35.9 Å². The first-order valence-electron chi connectivity index (χ1n) is 7.42. The molecule has 1 aliphatic rings. The molecule has 1 aromatic carbocycles. The van der Waals surface area contributed by atoms with Crippen LogP contribution in [-0.4, -0.2) is 44.2 Å². The molecule has 1 saturated heterocycles. The number of tetrazole rings is 1. The van der Waals surface area contributed by atoms with E-state index >= 15 is 0 Å². The molecule has 2 amide bonds. The summed E-state index contributed by atoms with van der Waals surface area (Å²) in [4.78, 5) is 15.5. The highest BCUT2D eigenvalue weighted by Crippen LogP contribution is 2.33. The van der Waals surface area contributed by atoms with Crippen LogP contribution in [0.4, 0.5) is 10.7 Å². The maximum atomic E-state index is 12.4. The summed E-state index contributed by atoms with van der Waals surface area (Å²) in [5, 5.41) is 14.2. The zero-order valence-corrected chi connectivity index (χ0v) is 12.9. The largest absolute Gasteiger partial charge is 0.324 e. The molecule has 1 fully saturated rings. The van der Waals surface area contributed by atoms with Gasteiger partial charge < -0.3 is 4.90 Å². The average Bonchev–Trinajstić information content (AvgIpc) is 2.93. The molecule has 1 atom stereocenters. The van der Waals surface area contributed by atoms with Gasteiger partial charge in [0.1, 0.15) is 0 Å². The Morgan fingerprint density at radius 1 is 1.32 bits per heavy atom. The minimum atomic E-state index is -0.171. The highest BCUT2D eigenvalue weighted by molar-refractivity contribution is 5.87. The van der Waals surface area contributed by atoms with Gasteiger partial charge in [-0.05, 0) is 23.6 Å². The van der Waals surface area contributed by atoms with Gasteiger partial charge in [0.2, 0.25) is 0 Å². The Hall–Kier alpha value is -2.44. The molecule has 22 heavy (non-hydrogen) atoms. The quantitative estimate of drug-likeness (QED) is 0.917. The van der Waals surface area contributed by atoms with E-state index in [2.05, 4.69) is 39.8 Å². The zero-order valence-electron chi connectivity index (χ0n) is 12.9. The first-order valence-corrected chi connectivity index (χ1v) is 7.42. The lowest BCUT2D eigenvalue weighted by atomic mass is 9.76. The van der Waals surface area contributed by atoms with Crippen molar-refractivity contribution in [1.82, 2.24) is 25.1 Å². The Labute approximate surface area is 129 Å². The predicted molar refractivity (Wildman–Crippen MR) is 82.4 cm³/mol. The molecular weight excluding hydrogens is 280 g/mol. The van der Waals surface area contributed by atoms with Crippen molar-refractivity contribution in [2.45, 2.75) is 25.2 Å². The normalized spacial score (nSPS) is 21.6.